The molecule has 0 bridgehead atoms. The van der Waals surface area contributed by atoms with Crippen LogP contribution in [0, 0.1) is 5.92 Å². The van der Waals surface area contributed by atoms with Gasteiger partial charge in [-0.2, -0.15) is 0 Å². The minimum Gasteiger partial charge on any atom is -0.345 e. The molecule has 3 amide bonds. The number of aromatic nitrogens is 2. The lowest BCUT2D eigenvalue weighted by Crippen LogP contribution is -2.33. The monoisotopic (exact) mass is 354 g/mol. The first-order valence-corrected chi connectivity index (χ1v) is 9.17. The molecule has 1 fully saturated rings. The Morgan fingerprint density at radius 2 is 2.12 bits per heavy atom. The molecule has 0 spiro atoms. The standard InChI is InChI=1S/C15H26N6O2S/c1-4-21(5-2)7-6-12-18-19-15(24-12)17-14(23)16-9-11-8-13(22)20(3)10-11/h11H,4-10H2,1-3H3,(H2,16,17,19,23)/t11-/m1/s1. The van der Waals surface area contributed by atoms with Gasteiger partial charge in [-0.25, -0.2) is 4.79 Å². The fraction of sp³-hybridized carbons (Fsp3) is 0.733. The lowest BCUT2D eigenvalue weighted by Gasteiger charge is -2.16. The average molecular weight is 354 g/mol. The highest BCUT2D eigenvalue weighted by Gasteiger charge is 2.26. The Labute approximate surface area is 146 Å². The Morgan fingerprint density at radius 1 is 1.38 bits per heavy atom. The summed E-state index contributed by atoms with van der Waals surface area (Å²) >= 11 is 1.40. The molecule has 0 unspecified atom stereocenters. The molecule has 0 saturated carbocycles. The first-order chi connectivity index (χ1) is 11.5. The third-order valence-electron chi connectivity index (χ3n) is 4.20. The van der Waals surface area contributed by atoms with Crippen molar-refractivity contribution in [1.29, 1.82) is 0 Å². The maximum absolute atomic E-state index is 11.9. The molecule has 8 nitrogen and oxygen atoms in total. The number of carbonyl (C=O) groups excluding carboxylic acids is 2. The van der Waals surface area contributed by atoms with Crippen LogP contribution in [0.4, 0.5) is 9.93 Å². The van der Waals surface area contributed by atoms with Crippen LogP contribution < -0.4 is 10.6 Å². The molecule has 24 heavy (non-hydrogen) atoms. The second kappa shape index (κ2) is 8.93. The van der Waals surface area contributed by atoms with Crippen LogP contribution in [-0.4, -0.2) is 71.7 Å². The highest BCUT2D eigenvalue weighted by molar-refractivity contribution is 7.15. The van der Waals surface area contributed by atoms with E-state index >= 15 is 0 Å². The fourth-order valence-corrected chi connectivity index (χ4v) is 3.39. The van der Waals surface area contributed by atoms with E-state index in [1.807, 2.05) is 0 Å². The summed E-state index contributed by atoms with van der Waals surface area (Å²) in [5, 5.41) is 15.0. The lowest BCUT2D eigenvalue weighted by molar-refractivity contribution is -0.126. The van der Waals surface area contributed by atoms with Gasteiger partial charge in [0.1, 0.15) is 5.01 Å². The van der Waals surface area contributed by atoms with E-state index < -0.39 is 0 Å². The normalized spacial score (nSPS) is 17.6. The van der Waals surface area contributed by atoms with E-state index in [0.29, 0.717) is 24.6 Å². The zero-order valence-electron chi connectivity index (χ0n) is 14.5. The van der Waals surface area contributed by atoms with Gasteiger partial charge in [-0.15, -0.1) is 10.2 Å². The first kappa shape index (κ1) is 18.6. The zero-order valence-corrected chi connectivity index (χ0v) is 15.4. The number of urea groups is 1. The van der Waals surface area contributed by atoms with Crippen LogP contribution in [0.5, 0.6) is 0 Å². The summed E-state index contributed by atoms with van der Waals surface area (Å²) in [7, 11) is 1.78. The Kier molecular flexibility index (Phi) is 6.92. The van der Waals surface area contributed by atoms with Gasteiger partial charge < -0.3 is 15.1 Å². The predicted molar refractivity (Wildman–Crippen MR) is 94.2 cm³/mol. The van der Waals surface area contributed by atoms with Crippen molar-refractivity contribution in [3.8, 4) is 0 Å². The molecule has 0 radical (unpaired) electrons. The second-order valence-electron chi connectivity index (χ2n) is 5.96. The van der Waals surface area contributed by atoms with Gasteiger partial charge in [0, 0.05) is 45.4 Å². The van der Waals surface area contributed by atoms with Gasteiger partial charge >= 0.3 is 6.03 Å². The van der Waals surface area contributed by atoms with E-state index in [-0.39, 0.29) is 17.9 Å². The summed E-state index contributed by atoms with van der Waals surface area (Å²) in [6.45, 7) is 8.41. The van der Waals surface area contributed by atoms with Crippen LogP contribution in [0.25, 0.3) is 0 Å². The van der Waals surface area contributed by atoms with Crippen molar-refractivity contribution in [1.82, 2.24) is 25.3 Å². The van der Waals surface area contributed by atoms with E-state index in [0.717, 1.165) is 31.1 Å². The van der Waals surface area contributed by atoms with E-state index in [4.69, 9.17) is 0 Å². The first-order valence-electron chi connectivity index (χ1n) is 8.35. The Balaban J connectivity index is 1.71. The third-order valence-corrected chi connectivity index (χ3v) is 5.09. The van der Waals surface area contributed by atoms with Crippen molar-refractivity contribution in [3.63, 3.8) is 0 Å². The minimum absolute atomic E-state index is 0.129. The number of carbonyl (C=O) groups is 2. The van der Waals surface area contributed by atoms with Crippen molar-refractivity contribution in [2.75, 3.05) is 45.1 Å². The topological polar surface area (TPSA) is 90.5 Å². The van der Waals surface area contributed by atoms with Gasteiger partial charge in [0.15, 0.2) is 0 Å². The number of nitrogens with one attached hydrogen (secondary N) is 2. The SMILES string of the molecule is CCN(CC)CCc1nnc(NC(=O)NC[C@H]2CC(=O)N(C)C2)s1. The molecule has 134 valence electrons. The van der Waals surface area contributed by atoms with Gasteiger partial charge in [0.2, 0.25) is 11.0 Å². The lowest BCUT2D eigenvalue weighted by atomic mass is 10.1. The fourth-order valence-electron chi connectivity index (χ4n) is 2.67. The predicted octanol–water partition coefficient (Wildman–Crippen LogP) is 1.02. The summed E-state index contributed by atoms with van der Waals surface area (Å²) in [5.41, 5.74) is 0. The molecular weight excluding hydrogens is 328 g/mol. The van der Waals surface area contributed by atoms with Crippen molar-refractivity contribution >= 4 is 28.4 Å². The van der Waals surface area contributed by atoms with Gasteiger partial charge in [0.25, 0.3) is 0 Å². The number of likely N-dealkylation sites (tertiary alicyclic amines) is 1. The molecule has 2 N–H and O–H groups in total. The summed E-state index contributed by atoms with van der Waals surface area (Å²) in [5.74, 6) is 0.302. The Hall–Kier alpha value is -1.74. The van der Waals surface area contributed by atoms with Crippen LogP contribution in [0.15, 0.2) is 0 Å². The summed E-state index contributed by atoms with van der Waals surface area (Å²) in [6.07, 6.45) is 1.32. The molecule has 0 aliphatic carbocycles. The maximum atomic E-state index is 11.9. The maximum Gasteiger partial charge on any atom is 0.321 e. The van der Waals surface area contributed by atoms with Crippen molar-refractivity contribution < 1.29 is 9.59 Å². The third kappa shape index (κ3) is 5.41. The van der Waals surface area contributed by atoms with Gasteiger partial charge in [0.05, 0.1) is 0 Å². The molecule has 0 aromatic carbocycles. The smallest absolute Gasteiger partial charge is 0.321 e. The zero-order chi connectivity index (χ0) is 17.5. The molecular formula is C15H26N6O2S. The van der Waals surface area contributed by atoms with E-state index in [2.05, 4.69) is 39.6 Å². The number of rotatable bonds is 8. The van der Waals surface area contributed by atoms with Gasteiger partial charge in [-0.1, -0.05) is 25.2 Å². The second-order valence-corrected chi connectivity index (χ2v) is 7.02. The average Bonchev–Trinajstić information content (AvgIpc) is 3.13. The molecule has 2 rings (SSSR count). The highest BCUT2D eigenvalue weighted by Crippen LogP contribution is 2.17. The largest absolute Gasteiger partial charge is 0.345 e. The summed E-state index contributed by atoms with van der Waals surface area (Å²) in [6, 6.07) is -0.302. The molecule has 1 saturated heterocycles. The number of likely N-dealkylation sites (N-methyl/N-ethyl adjacent to an activating group) is 1. The van der Waals surface area contributed by atoms with Gasteiger partial charge in [-0.05, 0) is 13.1 Å². The van der Waals surface area contributed by atoms with Crippen LogP contribution in [-0.2, 0) is 11.2 Å². The molecule has 9 heteroatoms. The summed E-state index contributed by atoms with van der Waals surface area (Å²) in [4.78, 5) is 27.4. The van der Waals surface area contributed by atoms with Crippen molar-refractivity contribution in [3.05, 3.63) is 5.01 Å². The van der Waals surface area contributed by atoms with E-state index in [9.17, 15) is 9.59 Å². The molecule has 1 atom stereocenters. The highest BCUT2D eigenvalue weighted by atomic mass is 32.1. The number of nitrogens with zero attached hydrogens (tertiary/aromatic N) is 4. The molecule has 1 aromatic heterocycles. The number of hydrogen-bond donors (Lipinski definition) is 2. The van der Waals surface area contributed by atoms with Crippen LogP contribution in [0.3, 0.4) is 0 Å². The van der Waals surface area contributed by atoms with Crippen molar-refractivity contribution in [2.24, 2.45) is 5.92 Å². The minimum atomic E-state index is -0.302. The number of anilines is 1. The van der Waals surface area contributed by atoms with Crippen molar-refractivity contribution in [2.45, 2.75) is 26.7 Å². The Morgan fingerprint density at radius 3 is 2.75 bits per heavy atom. The quantitative estimate of drug-likeness (QED) is 0.727. The summed E-state index contributed by atoms with van der Waals surface area (Å²) < 4.78 is 0. The van der Waals surface area contributed by atoms with Gasteiger partial charge in [-0.3, -0.25) is 10.1 Å². The molecule has 1 aromatic rings. The molecule has 1 aliphatic rings. The Bertz CT molecular complexity index is 560. The number of hydrogen-bond acceptors (Lipinski definition) is 6. The molecule has 1 aliphatic heterocycles. The van der Waals surface area contributed by atoms with Crippen LogP contribution in [0.2, 0.25) is 0 Å². The van der Waals surface area contributed by atoms with Crippen LogP contribution >= 0.6 is 11.3 Å². The van der Waals surface area contributed by atoms with E-state index in [1.54, 1.807) is 11.9 Å². The van der Waals surface area contributed by atoms with Crippen LogP contribution in [0.1, 0.15) is 25.3 Å². The van der Waals surface area contributed by atoms with E-state index in [1.165, 1.54) is 11.3 Å². The molecule has 2 heterocycles. The number of amides is 3.